The highest BCUT2D eigenvalue weighted by Crippen LogP contribution is 2.13. The highest BCUT2D eigenvalue weighted by Gasteiger charge is 2.09. The number of nitrogens with zero attached hydrogens (tertiary/aromatic N) is 1. The van der Waals surface area contributed by atoms with Crippen LogP contribution >= 0.6 is 12.2 Å². The molecule has 0 aliphatic carbocycles. The van der Waals surface area contributed by atoms with E-state index in [-0.39, 0.29) is 6.04 Å². The van der Waals surface area contributed by atoms with Gasteiger partial charge in [-0.1, -0.05) is 12.2 Å². The SMILES string of the molecule is CC(CCS(C)=O)Nc1ncccc1C(N)=S. The zero-order valence-corrected chi connectivity index (χ0v) is 11.6. The van der Waals surface area contributed by atoms with Crippen LogP contribution in [0.15, 0.2) is 18.3 Å². The van der Waals surface area contributed by atoms with E-state index in [4.69, 9.17) is 18.0 Å². The number of hydrogen-bond acceptors (Lipinski definition) is 4. The number of aromatic nitrogens is 1. The first-order valence-corrected chi connectivity index (χ1v) is 7.45. The van der Waals surface area contributed by atoms with Gasteiger partial charge in [0.25, 0.3) is 0 Å². The van der Waals surface area contributed by atoms with Crippen molar-refractivity contribution in [3.05, 3.63) is 23.9 Å². The maximum atomic E-state index is 11.0. The summed E-state index contributed by atoms with van der Waals surface area (Å²) < 4.78 is 11.0. The number of nitrogens with two attached hydrogens (primary N) is 1. The summed E-state index contributed by atoms with van der Waals surface area (Å²) >= 11 is 4.96. The van der Waals surface area contributed by atoms with E-state index >= 15 is 0 Å². The highest BCUT2D eigenvalue weighted by molar-refractivity contribution is 7.84. The molecule has 1 rings (SSSR count). The Hall–Kier alpha value is -1.01. The fourth-order valence-corrected chi connectivity index (χ4v) is 2.22. The molecule has 0 fully saturated rings. The summed E-state index contributed by atoms with van der Waals surface area (Å²) in [6.45, 7) is 2.02. The monoisotopic (exact) mass is 271 g/mol. The van der Waals surface area contributed by atoms with Gasteiger partial charge in [-0.3, -0.25) is 4.21 Å². The molecule has 1 aromatic rings. The fraction of sp³-hybridized carbons (Fsp3) is 0.455. The largest absolute Gasteiger partial charge is 0.389 e. The van der Waals surface area contributed by atoms with Gasteiger partial charge in [0.1, 0.15) is 10.8 Å². The molecule has 3 N–H and O–H groups in total. The van der Waals surface area contributed by atoms with E-state index in [2.05, 4.69) is 10.3 Å². The Morgan fingerprint density at radius 1 is 1.71 bits per heavy atom. The first-order valence-electron chi connectivity index (χ1n) is 5.32. The summed E-state index contributed by atoms with van der Waals surface area (Å²) in [4.78, 5) is 4.54. The second-order valence-corrected chi connectivity index (χ2v) is 5.87. The molecule has 2 unspecified atom stereocenters. The molecule has 1 heterocycles. The Morgan fingerprint density at radius 2 is 2.41 bits per heavy atom. The van der Waals surface area contributed by atoms with Gasteiger partial charge < -0.3 is 11.1 Å². The molecule has 6 heteroatoms. The quantitative estimate of drug-likeness (QED) is 0.763. The van der Waals surface area contributed by atoms with E-state index in [1.54, 1.807) is 18.5 Å². The van der Waals surface area contributed by atoms with Crippen LogP contribution in [0.1, 0.15) is 18.9 Å². The lowest BCUT2D eigenvalue weighted by Gasteiger charge is -2.16. The van der Waals surface area contributed by atoms with E-state index in [1.165, 1.54) is 0 Å². The minimum atomic E-state index is -0.769. The van der Waals surface area contributed by atoms with E-state index in [0.29, 0.717) is 16.6 Å². The van der Waals surface area contributed by atoms with Gasteiger partial charge in [0.2, 0.25) is 0 Å². The standard InChI is InChI=1S/C11H17N3OS2/c1-8(5-7-17(2)15)14-11-9(10(12)16)4-3-6-13-11/h3-4,6,8H,5,7H2,1-2H3,(H2,12,16)(H,13,14). The molecule has 0 aliphatic rings. The maximum Gasteiger partial charge on any atom is 0.136 e. The van der Waals surface area contributed by atoms with E-state index in [9.17, 15) is 4.21 Å². The van der Waals surface area contributed by atoms with Crippen molar-refractivity contribution in [3.8, 4) is 0 Å². The molecular weight excluding hydrogens is 254 g/mol. The predicted molar refractivity (Wildman–Crippen MR) is 76.8 cm³/mol. The van der Waals surface area contributed by atoms with Crippen molar-refractivity contribution < 1.29 is 4.21 Å². The van der Waals surface area contributed by atoms with Crippen LogP contribution in [0.4, 0.5) is 5.82 Å². The molecule has 0 amide bonds. The average Bonchev–Trinajstić information content (AvgIpc) is 2.27. The first kappa shape index (κ1) is 14.1. The van der Waals surface area contributed by atoms with Gasteiger partial charge in [-0.05, 0) is 25.5 Å². The Balaban J connectivity index is 2.67. The molecule has 1 aromatic heterocycles. The van der Waals surface area contributed by atoms with Crippen LogP contribution < -0.4 is 11.1 Å². The number of hydrogen-bond donors (Lipinski definition) is 2. The average molecular weight is 271 g/mol. The number of pyridine rings is 1. The third-order valence-corrected chi connectivity index (χ3v) is 3.33. The van der Waals surface area contributed by atoms with E-state index in [0.717, 1.165) is 12.0 Å². The van der Waals surface area contributed by atoms with E-state index in [1.807, 2.05) is 13.0 Å². The molecule has 0 bridgehead atoms. The lowest BCUT2D eigenvalue weighted by atomic mass is 10.2. The van der Waals surface area contributed by atoms with Crippen LogP contribution in [0.3, 0.4) is 0 Å². The summed E-state index contributed by atoms with van der Waals surface area (Å²) in [5, 5.41) is 3.23. The van der Waals surface area contributed by atoms with Crippen LogP contribution in [0.2, 0.25) is 0 Å². The Kier molecular flexibility index (Phi) is 5.50. The number of anilines is 1. The third-order valence-electron chi connectivity index (χ3n) is 2.29. The van der Waals surface area contributed by atoms with Gasteiger partial charge >= 0.3 is 0 Å². The van der Waals surface area contributed by atoms with Crippen LogP contribution in [-0.4, -0.2) is 32.2 Å². The summed E-state index contributed by atoms with van der Waals surface area (Å²) in [5.74, 6) is 1.36. The zero-order valence-electron chi connectivity index (χ0n) is 9.97. The predicted octanol–water partition coefficient (Wildman–Crippen LogP) is 1.28. The van der Waals surface area contributed by atoms with Crippen molar-refractivity contribution in [1.29, 1.82) is 0 Å². The molecule has 0 aliphatic heterocycles. The molecule has 2 atom stereocenters. The van der Waals surface area contributed by atoms with Crippen molar-refractivity contribution in [1.82, 2.24) is 4.98 Å². The molecule has 0 saturated carbocycles. The molecule has 94 valence electrons. The summed E-state index contributed by atoms with van der Waals surface area (Å²) in [6, 6.07) is 3.82. The normalized spacial score (nSPS) is 14.0. The molecule has 0 spiro atoms. The molecule has 17 heavy (non-hydrogen) atoms. The van der Waals surface area contributed by atoms with Gasteiger partial charge in [-0.2, -0.15) is 0 Å². The zero-order chi connectivity index (χ0) is 12.8. The topological polar surface area (TPSA) is 68.0 Å². The van der Waals surface area contributed by atoms with Crippen molar-refractivity contribution in [2.45, 2.75) is 19.4 Å². The van der Waals surface area contributed by atoms with Crippen molar-refractivity contribution in [2.75, 3.05) is 17.3 Å². The van der Waals surface area contributed by atoms with Gasteiger partial charge in [0.15, 0.2) is 0 Å². The van der Waals surface area contributed by atoms with Crippen molar-refractivity contribution in [3.63, 3.8) is 0 Å². The summed E-state index contributed by atoms with van der Waals surface area (Å²) in [6.07, 6.45) is 4.21. The molecule has 4 nitrogen and oxygen atoms in total. The van der Waals surface area contributed by atoms with Crippen LogP contribution in [0, 0.1) is 0 Å². The molecule has 0 saturated heterocycles. The Bertz CT molecular complexity index is 423. The number of rotatable bonds is 6. The summed E-state index contributed by atoms with van der Waals surface area (Å²) in [7, 11) is -0.769. The molecule has 0 radical (unpaired) electrons. The van der Waals surface area contributed by atoms with Crippen LogP contribution in [0.25, 0.3) is 0 Å². The molecular formula is C11H17N3OS2. The minimum absolute atomic E-state index is 0.182. The highest BCUT2D eigenvalue weighted by atomic mass is 32.2. The third kappa shape index (κ3) is 4.79. The summed E-state index contributed by atoms with van der Waals surface area (Å²) in [5.41, 5.74) is 6.36. The second kappa shape index (κ2) is 6.66. The number of thiocarbonyl (C=S) groups is 1. The maximum absolute atomic E-state index is 11.0. The van der Waals surface area contributed by atoms with Gasteiger partial charge in [-0.25, -0.2) is 4.98 Å². The van der Waals surface area contributed by atoms with Gasteiger partial charge in [0.05, 0.1) is 5.56 Å². The Morgan fingerprint density at radius 3 is 3.00 bits per heavy atom. The first-order chi connectivity index (χ1) is 8.00. The van der Waals surface area contributed by atoms with Gasteiger partial charge in [-0.15, -0.1) is 0 Å². The minimum Gasteiger partial charge on any atom is -0.389 e. The Labute approximate surface area is 109 Å². The lowest BCUT2D eigenvalue weighted by molar-refractivity contribution is 0.678. The molecule has 0 aromatic carbocycles. The fourth-order valence-electron chi connectivity index (χ4n) is 1.37. The van der Waals surface area contributed by atoms with Crippen molar-refractivity contribution in [2.24, 2.45) is 5.73 Å². The van der Waals surface area contributed by atoms with Gasteiger partial charge in [0, 0.05) is 35.0 Å². The lowest BCUT2D eigenvalue weighted by Crippen LogP contribution is -2.22. The smallest absolute Gasteiger partial charge is 0.136 e. The van der Waals surface area contributed by atoms with Crippen LogP contribution in [0.5, 0.6) is 0 Å². The van der Waals surface area contributed by atoms with E-state index < -0.39 is 10.8 Å². The second-order valence-electron chi connectivity index (χ2n) is 3.88. The number of nitrogens with one attached hydrogen (secondary N) is 1. The van der Waals surface area contributed by atoms with Crippen LogP contribution in [-0.2, 0) is 10.8 Å². The van der Waals surface area contributed by atoms with Crippen molar-refractivity contribution >= 4 is 33.8 Å².